The van der Waals surface area contributed by atoms with Crippen molar-refractivity contribution in [3.05, 3.63) is 59.0 Å². The molecule has 0 spiro atoms. The number of para-hydroxylation sites is 1. The first-order valence-electron chi connectivity index (χ1n) is 6.84. The van der Waals surface area contributed by atoms with Crippen molar-refractivity contribution in [3.63, 3.8) is 0 Å². The van der Waals surface area contributed by atoms with E-state index >= 15 is 0 Å². The van der Waals surface area contributed by atoms with E-state index in [-0.39, 0.29) is 16.4 Å². The fourth-order valence-electron chi connectivity index (χ4n) is 2.14. The molecule has 0 aliphatic carbocycles. The van der Waals surface area contributed by atoms with Gasteiger partial charge >= 0.3 is 0 Å². The number of hydrogen-bond donors (Lipinski definition) is 2. The van der Waals surface area contributed by atoms with Crippen LogP contribution in [0.2, 0.25) is 5.02 Å². The number of halogens is 2. The zero-order valence-corrected chi connectivity index (χ0v) is 12.8. The van der Waals surface area contributed by atoms with Crippen LogP contribution in [0.3, 0.4) is 0 Å². The number of aromatic nitrogens is 1. The van der Waals surface area contributed by atoms with Crippen LogP contribution >= 0.6 is 11.6 Å². The Bertz CT molecular complexity index is 930. The predicted octanol–water partition coefficient (Wildman–Crippen LogP) is 3.31. The first-order valence-corrected chi connectivity index (χ1v) is 7.22. The molecular weight excluding hydrogens is 335 g/mol. The third-order valence-corrected chi connectivity index (χ3v) is 3.44. The minimum absolute atomic E-state index is 0.0451. The Kier molecular flexibility index (Phi) is 4.42. The zero-order valence-electron chi connectivity index (χ0n) is 12.1. The van der Waals surface area contributed by atoms with E-state index in [1.807, 2.05) is 6.07 Å². The molecule has 1 unspecified atom stereocenters. The maximum absolute atomic E-state index is 13.3. The summed E-state index contributed by atoms with van der Waals surface area (Å²) in [6, 6.07) is 11.2. The van der Waals surface area contributed by atoms with E-state index in [2.05, 4.69) is 16.0 Å². The van der Waals surface area contributed by atoms with E-state index in [1.54, 1.807) is 24.3 Å². The summed E-state index contributed by atoms with van der Waals surface area (Å²) in [5.41, 5.74) is 5.89. The van der Waals surface area contributed by atoms with Crippen LogP contribution in [0.25, 0.3) is 11.0 Å². The lowest BCUT2D eigenvalue weighted by molar-refractivity contribution is 0.0962. The Labute approximate surface area is 140 Å². The summed E-state index contributed by atoms with van der Waals surface area (Å²) >= 11 is 5.75. The molecule has 6 nitrogen and oxygen atoms in total. The summed E-state index contributed by atoms with van der Waals surface area (Å²) in [6.07, 6.45) is 0. The molecule has 120 valence electrons. The molecule has 2 aromatic carbocycles. The van der Waals surface area contributed by atoms with Crippen molar-refractivity contribution in [2.24, 2.45) is 0 Å². The van der Waals surface area contributed by atoms with Gasteiger partial charge in [0.1, 0.15) is 5.82 Å². The number of benzene rings is 2. The Morgan fingerprint density at radius 1 is 1.33 bits per heavy atom. The summed E-state index contributed by atoms with van der Waals surface area (Å²) in [7, 11) is 0. The Hall–Kier alpha value is -2.95. The lowest BCUT2D eigenvalue weighted by Crippen LogP contribution is -2.39. The summed E-state index contributed by atoms with van der Waals surface area (Å²) in [6.45, 7) is 0. The molecule has 3 rings (SSSR count). The smallest absolute Gasteiger partial charge is 0.218 e. The molecule has 0 radical (unpaired) electrons. The SMILES string of the molecule is N#CC(NNc1cc(F)cc(Cl)c1)C(=O)c1noc2ccccc12. The molecule has 24 heavy (non-hydrogen) atoms. The van der Waals surface area contributed by atoms with Crippen molar-refractivity contribution in [2.45, 2.75) is 6.04 Å². The number of nitriles is 1. The number of hydrazine groups is 1. The van der Waals surface area contributed by atoms with Gasteiger partial charge in [-0.05, 0) is 30.3 Å². The number of anilines is 1. The van der Waals surface area contributed by atoms with Gasteiger partial charge in [-0.1, -0.05) is 28.9 Å². The number of Topliss-reactive ketones (excluding diaryl/α,β-unsaturated/α-hetero) is 1. The fourth-order valence-corrected chi connectivity index (χ4v) is 2.36. The topological polar surface area (TPSA) is 91.0 Å². The number of carbonyl (C=O) groups is 1. The first-order chi connectivity index (χ1) is 11.6. The molecule has 1 atom stereocenters. The Morgan fingerprint density at radius 3 is 2.88 bits per heavy atom. The van der Waals surface area contributed by atoms with E-state index in [0.29, 0.717) is 11.0 Å². The van der Waals surface area contributed by atoms with Crippen LogP contribution in [0.4, 0.5) is 10.1 Å². The molecule has 0 aliphatic rings. The van der Waals surface area contributed by atoms with Gasteiger partial charge in [-0.15, -0.1) is 0 Å². The molecule has 0 saturated carbocycles. The van der Waals surface area contributed by atoms with Crippen molar-refractivity contribution in [1.29, 1.82) is 5.26 Å². The van der Waals surface area contributed by atoms with E-state index in [4.69, 9.17) is 16.1 Å². The number of ketones is 1. The van der Waals surface area contributed by atoms with Crippen LogP contribution < -0.4 is 10.9 Å². The van der Waals surface area contributed by atoms with E-state index < -0.39 is 17.6 Å². The van der Waals surface area contributed by atoms with Gasteiger partial charge in [0.25, 0.3) is 0 Å². The monoisotopic (exact) mass is 344 g/mol. The maximum atomic E-state index is 13.3. The minimum atomic E-state index is -1.25. The Balaban J connectivity index is 1.79. The number of rotatable bonds is 5. The van der Waals surface area contributed by atoms with E-state index in [0.717, 1.165) is 6.07 Å². The third kappa shape index (κ3) is 3.20. The van der Waals surface area contributed by atoms with E-state index in [1.165, 1.54) is 12.1 Å². The van der Waals surface area contributed by atoms with E-state index in [9.17, 15) is 14.4 Å². The van der Waals surface area contributed by atoms with Gasteiger partial charge in [-0.2, -0.15) is 5.26 Å². The molecule has 0 fully saturated rings. The maximum Gasteiger partial charge on any atom is 0.218 e. The molecular formula is C16H10ClFN4O2. The normalized spacial score (nSPS) is 11.9. The summed E-state index contributed by atoms with van der Waals surface area (Å²) in [5.74, 6) is -1.12. The van der Waals surface area contributed by atoms with Crippen molar-refractivity contribution >= 4 is 34.0 Å². The first kappa shape index (κ1) is 15.9. The summed E-state index contributed by atoms with van der Waals surface area (Å²) < 4.78 is 18.3. The highest BCUT2D eigenvalue weighted by atomic mass is 35.5. The third-order valence-electron chi connectivity index (χ3n) is 3.23. The largest absolute Gasteiger partial charge is 0.356 e. The number of carbonyl (C=O) groups excluding carboxylic acids is 1. The Morgan fingerprint density at radius 2 is 2.12 bits per heavy atom. The lowest BCUT2D eigenvalue weighted by atomic mass is 10.1. The average molecular weight is 345 g/mol. The summed E-state index contributed by atoms with van der Waals surface area (Å²) in [4.78, 5) is 12.5. The lowest BCUT2D eigenvalue weighted by Gasteiger charge is -2.12. The summed E-state index contributed by atoms with van der Waals surface area (Å²) in [5, 5.41) is 13.6. The number of hydrogen-bond acceptors (Lipinski definition) is 6. The van der Waals surface area contributed by atoms with Crippen LogP contribution in [0.1, 0.15) is 10.5 Å². The number of nitrogens with one attached hydrogen (secondary N) is 2. The number of fused-ring (bicyclic) bond motifs is 1. The van der Waals surface area contributed by atoms with Crippen LogP contribution in [0.5, 0.6) is 0 Å². The molecule has 0 bridgehead atoms. The minimum Gasteiger partial charge on any atom is -0.356 e. The van der Waals surface area contributed by atoms with Crippen molar-refractivity contribution in [1.82, 2.24) is 10.6 Å². The van der Waals surface area contributed by atoms with Crippen LogP contribution in [-0.4, -0.2) is 17.0 Å². The zero-order chi connectivity index (χ0) is 17.1. The molecule has 1 aromatic heterocycles. The van der Waals surface area contributed by atoms with Crippen LogP contribution in [0.15, 0.2) is 47.0 Å². The molecule has 2 N–H and O–H groups in total. The van der Waals surface area contributed by atoms with Crippen LogP contribution in [0, 0.1) is 17.1 Å². The standard InChI is InChI=1S/C16H10ClFN4O2/c17-9-5-10(18)7-11(6-9)20-21-13(8-19)16(23)15-12-3-1-2-4-14(12)24-22-15/h1-7,13,20-21H. The second-order valence-electron chi connectivity index (χ2n) is 4.88. The van der Waals surface area contributed by atoms with Crippen molar-refractivity contribution < 1.29 is 13.7 Å². The highest BCUT2D eigenvalue weighted by molar-refractivity contribution is 6.30. The second-order valence-corrected chi connectivity index (χ2v) is 5.32. The average Bonchev–Trinajstić information content (AvgIpc) is 2.98. The predicted molar refractivity (Wildman–Crippen MR) is 85.9 cm³/mol. The molecule has 0 amide bonds. The molecule has 8 heteroatoms. The van der Waals surface area contributed by atoms with Crippen molar-refractivity contribution in [2.75, 3.05) is 5.43 Å². The van der Waals surface area contributed by atoms with Gasteiger partial charge in [-0.3, -0.25) is 4.79 Å². The van der Waals surface area contributed by atoms with Gasteiger partial charge in [-0.25, -0.2) is 9.82 Å². The second kappa shape index (κ2) is 6.66. The molecule has 1 heterocycles. The highest BCUT2D eigenvalue weighted by Crippen LogP contribution is 2.20. The molecule has 0 saturated heterocycles. The van der Waals surface area contributed by atoms with Gasteiger partial charge in [0.2, 0.25) is 5.78 Å². The number of nitrogens with zero attached hydrogens (tertiary/aromatic N) is 2. The van der Waals surface area contributed by atoms with Crippen molar-refractivity contribution in [3.8, 4) is 6.07 Å². The highest BCUT2D eigenvalue weighted by Gasteiger charge is 2.25. The van der Waals surface area contributed by atoms with Gasteiger partial charge in [0.05, 0.1) is 17.1 Å². The quantitative estimate of drug-likeness (QED) is 0.545. The molecule has 0 aliphatic heterocycles. The van der Waals surface area contributed by atoms with Gasteiger partial charge < -0.3 is 9.95 Å². The fraction of sp³-hybridized carbons (Fsp3) is 0.0625. The van der Waals surface area contributed by atoms with Gasteiger partial charge in [0.15, 0.2) is 17.3 Å². The van der Waals surface area contributed by atoms with Gasteiger partial charge in [0, 0.05) is 5.02 Å². The van der Waals surface area contributed by atoms with Crippen LogP contribution in [-0.2, 0) is 0 Å². The molecule has 3 aromatic rings.